The number of para-hydroxylation sites is 1. The van der Waals surface area contributed by atoms with Crippen molar-refractivity contribution in [3.63, 3.8) is 0 Å². The maximum atomic E-state index is 5.47. The van der Waals surface area contributed by atoms with E-state index in [0.29, 0.717) is 0 Å². The fourth-order valence-corrected chi connectivity index (χ4v) is 7.75. The highest BCUT2D eigenvalue weighted by Gasteiger charge is 2.25. The van der Waals surface area contributed by atoms with E-state index in [1.165, 1.54) is 21.5 Å². The predicted octanol–water partition coefficient (Wildman–Crippen LogP) is 10.6. The summed E-state index contributed by atoms with van der Waals surface area (Å²) < 4.78 is 4.69. The fourth-order valence-electron chi connectivity index (χ4n) is 7.75. The molecular weight excluding hydrogens is 587 g/mol. The molecule has 0 spiro atoms. The Bertz CT molecular complexity index is 3050. The summed E-state index contributed by atoms with van der Waals surface area (Å²) in [7, 11) is 0. The Hall–Kier alpha value is -6.59. The molecule has 0 aliphatic heterocycles. The van der Waals surface area contributed by atoms with Crippen LogP contribution in [0, 0.1) is 0 Å². The number of nitrogens with zero attached hydrogens (tertiary/aromatic N) is 5. The van der Waals surface area contributed by atoms with Gasteiger partial charge in [-0.05, 0) is 52.6 Å². The minimum atomic E-state index is 0.809. The average Bonchev–Trinajstić information content (AvgIpc) is 3.66. The van der Waals surface area contributed by atoms with Gasteiger partial charge in [0, 0.05) is 27.3 Å². The molecule has 0 N–H and O–H groups in total. The molecule has 0 radical (unpaired) electrons. The summed E-state index contributed by atoms with van der Waals surface area (Å²) in [5.41, 5.74) is 10.1. The van der Waals surface area contributed by atoms with Crippen molar-refractivity contribution in [3.05, 3.63) is 152 Å². The molecule has 0 aliphatic carbocycles. The second-order valence-corrected chi connectivity index (χ2v) is 12.5. The van der Waals surface area contributed by atoms with Gasteiger partial charge in [0.2, 0.25) is 0 Å². The van der Waals surface area contributed by atoms with Crippen molar-refractivity contribution in [3.8, 4) is 28.5 Å². The summed E-state index contributed by atoms with van der Waals surface area (Å²) >= 11 is 0. The molecule has 222 valence electrons. The van der Waals surface area contributed by atoms with Gasteiger partial charge in [-0.3, -0.25) is 8.97 Å². The zero-order valence-electron chi connectivity index (χ0n) is 25.7. The van der Waals surface area contributed by atoms with Crippen LogP contribution >= 0.6 is 0 Å². The molecule has 0 aliphatic rings. The monoisotopic (exact) mass is 611 g/mol. The molecule has 0 saturated carbocycles. The minimum absolute atomic E-state index is 0.809. The number of hydrogen-bond donors (Lipinski definition) is 0. The molecule has 0 atom stereocenters. The smallest absolute Gasteiger partial charge is 0.165 e. The van der Waals surface area contributed by atoms with Crippen LogP contribution < -0.4 is 0 Å². The lowest BCUT2D eigenvalue weighted by molar-refractivity contribution is 1.08. The van der Waals surface area contributed by atoms with E-state index in [-0.39, 0.29) is 0 Å². The number of rotatable bonds is 3. The Labute approximate surface area is 274 Å². The van der Waals surface area contributed by atoms with Gasteiger partial charge >= 0.3 is 0 Å². The molecule has 0 unspecified atom stereocenters. The van der Waals surface area contributed by atoms with Crippen LogP contribution in [0.4, 0.5) is 0 Å². The van der Waals surface area contributed by atoms with Crippen molar-refractivity contribution in [2.24, 2.45) is 0 Å². The molecule has 48 heavy (non-hydrogen) atoms. The van der Waals surface area contributed by atoms with E-state index < -0.39 is 0 Å². The van der Waals surface area contributed by atoms with Crippen molar-refractivity contribution >= 4 is 70.9 Å². The van der Waals surface area contributed by atoms with E-state index in [1.807, 2.05) is 6.07 Å². The van der Waals surface area contributed by atoms with E-state index in [0.717, 1.165) is 77.9 Å². The molecule has 4 aromatic heterocycles. The van der Waals surface area contributed by atoms with Gasteiger partial charge < -0.3 is 0 Å². The van der Waals surface area contributed by atoms with Gasteiger partial charge in [0.25, 0.3) is 0 Å². The minimum Gasteiger partial charge on any atom is -0.292 e. The lowest BCUT2D eigenvalue weighted by Gasteiger charge is -2.14. The third-order valence-corrected chi connectivity index (χ3v) is 9.81. The van der Waals surface area contributed by atoms with Crippen molar-refractivity contribution in [1.29, 1.82) is 0 Å². The fraction of sp³-hybridized carbons (Fsp3) is 0. The maximum absolute atomic E-state index is 5.47. The normalized spacial score (nSPS) is 12.2. The molecule has 11 aromatic rings. The van der Waals surface area contributed by atoms with Crippen molar-refractivity contribution < 1.29 is 0 Å². The second kappa shape index (κ2) is 9.47. The van der Waals surface area contributed by atoms with E-state index in [9.17, 15) is 0 Å². The van der Waals surface area contributed by atoms with E-state index >= 15 is 0 Å². The number of hydrogen-bond acceptors (Lipinski definition) is 3. The third kappa shape index (κ3) is 3.42. The Morgan fingerprint density at radius 2 is 1.04 bits per heavy atom. The third-order valence-electron chi connectivity index (χ3n) is 9.81. The Morgan fingerprint density at radius 3 is 1.83 bits per heavy atom. The topological polar surface area (TPSA) is 48.0 Å². The second-order valence-electron chi connectivity index (χ2n) is 12.5. The molecule has 0 saturated heterocycles. The standard InChI is InChI=1S/C43H25N5/c1-3-12-26(13-4-1)40-43(46-34-25-29-17-8-7-16-28(29)24-33(34)44-40)47-36-21-11-19-31-30-18-9-10-20-35(30)48-41-32(22-23-37(47)39(41)38(31)36)45-42(48)27-14-5-2-6-15-27/h1-25H. The predicted molar refractivity (Wildman–Crippen MR) is 197 cm³/mol. The summed E-state index contributed by atoms with van der Waals surface area (Å²) in [4.78, 5) is 16.1. The molecule has 7 aromatic carbocycles. The van der Waals surface area contributed by atoms with Gasteiger partial charge in [0.15, 0.2) is 5.82 Å². The first kappa shape index (κ1) is 25.6. The highest BCUT2D eigenvalue weighted by molar-refractivity contribution is 6.30. The van der Waals surface area contributed by atoms with E-state index in [4.69, 9.17) is 15.0 Å². The van der Waals surface area contributed by atoms with Gasteiger partial charge in [0.1, 0.15) is 11.5 Å². The molecular formula is C43H25N5. The zero-order valence-corrected chi connectivity index (χ0v) is 25.7. The summed E-state index contributed by atoms with van der Waals surface area (Å²) in [5.74, 6) is 1.74. The molecule has 0 bridgehead atoms. The van der Waals surface area contributed by atoms with Crippen LogP contribution in [0.5, 0.6) is 0 Å². The highest BCUT2D eigenvalue weighted by atomic mass is 15.1. The summed E-state index contributed by atoms with van der Waals surface area (Å²) in [6, 6.07) is 53.4. The van der Waals surface area contributed by atoms with Crippen LogP contribution in [0.25, 0.3) is 99.4 Å². The number of aromatic nitrogens is 5. The largest absolute Gasteiger partial charge is 0.292 e. The van der Waals surface area contributed by atoms with E-state index in [1.54, 1.807) is 0 Å². The summed E-state index contributed by atoms with van der Waals surface area (Å²) in [6.45, 7) is 0. The van der Waals surface area contributed by atoms with Crippen molar-refractivity contribution in [1.82, 2.24) is 23.9 Å². The van der Waals surface area contributed by atoms with Gasteiger partial charge in [0.05, 0.1) is 38.6 Å². The number of fused-ring (bicyclic) bond motifs is 5. The van der Waals surface area contributed by atoms with Crippen molar-refractivity contribution in [2.45, 2.75) is 0 Å². The first-order valence-corrected chi connectivity index (χ1v) is 16.2. The van der Waals surface area contributed by atoms with Gasteiger partial charge in [-0.25, -0.2) is 15.0 Å². The molecule has 0 fully saturated rings. The highest BCUT2D eigenvalue weighted by Crippen LogP contribution is 2.44. The summed E-state index contributed by atoms with van der Waals surface area (Å²) in [6.07, 6.45) is 0. The lowest BCUT2D eigenvalue weighted by atomic mass is 10.1. The van der Waals surface area contributed by atoms with Crippen LogP contribution in [0.15, 0.2) is 152 Å². The number of imidazole rings is 1. The molecule has 5 heteroatoms. The maximum Gasteiger partial charge on any atom is 0.165 e. The van der Waals surface area contributed by atoms with Crippen molar-refractivity contribution in [2.75, 3.05) is 0 Å². The average molecular weight is 612 g/mol. The first-order valence-electron chi connectivity index (χ1n) is 16.2. The van der Waals surface area contributed by atoms with Crippen LogP contribution in [0.1, 0.15) is 0 Å². The summed E-state index contributed by atoms with van der Waals surface area (Å²) in [5, 5.41) is 7.04. The Morgan fingerprint density at radius 1 is 0.417 bits per heavy atom. The van der Waals surface area contributed by atoms with Crippen LogP contribution in [-0.4, -0.2) is 23.9 Å². The first-order chi connectivity index (χ1) is 23.8. The quantitative estimate of drug-likeness (QED) is 0.187. The van der Waals surface area contributed by atoms with E-state index in [2.05, 4.69) is 155 Å². The zero-order chi connectivity index (χ0) is 31.3. The lowest BCUT2D eigenvalue weighted by Crippen LogP contribution is -2.04. The number of benzene rings is 7. The van der Waals surface area contributed by atoms with Crippen LogP contribution in [0.3, 0.4) is 0 Å². The Kier molecular flexibility index (Phi) is 5.05. The van der Waals surface area contributed by atoms with Gasteiger partial charge in [-0.1, -0.05) is 115 Å². The Balaban J connectivity index is 1.36. The molecule has 4 heterocycles. The van der Waals surface area contributed by atoms with Gasteiger partial charge in [-0.15, -0.1) is 0 Å². The van der Waals surface area contributed by atoms with Gasteiger partial charge in [-0.2, -0.15) is 0 Å². The van der Waals surface area contributed by atoms with Crippen LogP contribution in [-0.2, 0) is 0 Å². The molecule has 11 rings (SSSR count). The molecule has 0 amide bonds. The van der Waals surface area contributed by atoms with Crippen LogP contribution in [0.2, 0.25) is 0 Å². The SMILES string of the molecule is c1ccc(-c2nc3cc4ccccc4cc3nc2-n2c3cccc4c5ccccc5n5c(-c6ccccc6)nc6ccc2c(c43)c65)cc1. The molecule has 5 nitrogen and oxygen atoms in total.